The van der Waals surface area contributed by atoms with Gasteiger partial charge in [-0.3, -0.25) is 9.36 Å². The van der Waals surface area contributed by atoms with Crippen LogP contribution in [0.2, 0.25) is 0 Å². The summed E-state index contributed by atoms with van der Waals surface area (Å²) in [6.07, 6.45) is 3.07. The second-order valence-corrected chi connectivity index (χ2v) is 6.65. The van der Waals surface area contributed by atoms with E-state index in [4.69, 9.17) is 0 Å². The third kappa shape index (κ3) is 3.23. The van der Waals surface area contributed by atoms with Gasteiger partial charge in [0, 0.05) is 35.1 Å². The number of aliphatic hydroxyl groups is 1. The Morgan fingerprint density at radius 1 is 1.50 bits per heavy atom. The molecule has 0 aliphatic rings. The molecule has 2 heterocycles. The third-order valence-electron chi connectivity index (χ3n) is 4.15. The van der Waals surface area contributed by atoms with Crippen LogP contribution in [-0.4, -0.2) is 32.7 Å². The SMILES string of the molecule is CCC(C)(CCO)NC(=O)c1cc(C)n(-c2nccs2)c1C. The highest BCUT2D eigenvalue weighted by Crippen LogP contribution is 2.23. The Hall–Kier alpha value is -1.66. The fraction of sp³-hybridized carbons (Fsp3) is 0.500. The molecule has 0 spiro atoms. The van der Waals surface area contributed by atoms with Gasteiger partial charge in [0.1, 0.15) is 0 Å². The van der Waals surface area contributed by atoms with Gasteiger partial charge in [0.25, 0.3) is 5.91 Å². The van der Waals surface area contributed by atoms with Crippen molar-refractivity contribution >= 4 is 17.2 Å². The lowest BCUT2D eigenvalue weighted by molar-refractivity contribution is 0.0885. The maximum absolute atomic E-state index is 12.6. The van der Waals surface area contributed by atoms with Gasteiger partial charge in [-0.05, 0) is 39.7 Å². The van der Waals surface area contributed by atoms with E-state index in [0.29, 0.717) is 12.0 Å². The second kappa shape index (κ2) is 6.62. The lowest BCUT2D eigenvalue weighted by atomic mass is 9.94. The molecule has 2 aromatic rings. The predicted molar refractivity (Wildman–Crippen MR) is 88.8 cm³/mol. The zero-order chi connectivity index (χ0) is 16.3. The van der Waals surface area contributed by atoms with Gasteiger partial charge in [-0.25, -0.2) is 4.98 Å². The summed E-state index contributed by atoms with van der Waals surface area (Å²) in [5.74, 6) is -0.103. The Labute approximate surface area is 135 Å². The van der Waals surface area contributed by atoms with Gasteiger partial charge in [-0.2, -0.15) is 0 Å². The van der Waals surface area contributed by atoms with Gasteiger partial charge in [-0.15, -0.1) is 11.3 Å². The molecule has 0 radical (unpaired) electrons. The minimum atomic E-state index is -0.393. The number of thiazole rings is 1. The van der Waals surface area contributed by atoms with Crippen molar-refractivity contribution in [1.29, 1.82) is 0 Å². The molecule has 1 amide bonds. The van der Waals surface area contributed by atoms with Crippen LogP contribution in [0.1, 0.15) is 48.4 Å². The summed E-state index contributed by atoms with van der Waals surface area (Å²) in [7, 11) is 0. The lowest BCUT2D eigenvalue weighted by Crippen LogP contribution is -2.46. The van der Waals surface area contributed by atoms with Crippen molar-refractivity contribution in [2.75, 3.05) is 6.61 Å². The van der Waals surface area contributed by atoms with Gasteiger partial charge in [0.05, 0.1) is 5.56 Å². The van der Waals surface area contributed by atoms with Crippen molar-refractivity contribution in [3.05, 3.63) is 34.6 Å². The first-order valence-corrected chi connectivity index (χ1v) is 8.32. The first-order chi connectivity index (χ1) is 10.4. The van der Waals surface area contributed by atoms with Gasteiger partial charge >= 0.3 is 0 Å². The molecule has 0 aliphatic heterocycles. The quantitative estimate of drug-likeness (QED) is 0.860. The molecule has 0 bridgehead atoms. The van der Waals surface area contributed by atoms with Crippen LogP contribution in [0.15, 0.2) is 17.6 Å². The molecule has 0 saturated carbocycles. The molecule has 120 valence electrons. The fourth-order valence-corrected chi connectivity index (χ4v) is 3.28. The van der Waals surface area contributed by atoms with Crippen molar-refractivity contribution < 1.29 is 9.90 Å². The summed E-state index contributed by atoms with van der Waals surface area (Å²) >= 11 is 1.54. The van der Waals surface area contributed by atoms with Crippen molar-refractivity contribution in [3.8, 4) is 5.13 Å². The molecule has 2 rings (SSSR count). The van der Waals surface area contributed by atoms with E-state index >= 15 is 0 Å². The average molecular weight is 321 g/mol. The van der Waals surface area contributed by atoms with E-state index < -0.39 is 5.54 Å². The average Bonchev–Trinajstić information content (AvgIpc) is 3.07. The van der Waals surface area contributed by atoms with Crippen molar-refractivity contribution in [2.45, 2.75) is 46.1 Å². The van der Waals surface area contributed by atoms with Gasteiger partial charge in [-0.1, -0.05) is 6.92 Å². The summed E-state index contributed by atoms with van der Waals surface area (Å²) in [4.78, 5) is 16.9. The maximum Gasteiger partial charge on any atom is 0.253 e. The number of aryl methyl sites for hydroxylation is 1. The number of hydrogen-bond acceptors (Lipinski definition) is 4. The molecular formula is C16H23N3O2S. The van der Waals surface area contributed by atoms with Crippen LogP contribution in [-0.2, 0) is 0 Å². The molecule has 6 heteroatoms. The molecule has 2 aromatic heterocycles. The zero-order valence-electron chi connectivity index (χ0n) is 13.5. The van der Waals surface area contributed by atoms with Crippen LogP contribution < -0.4 is 5.32 Å². The van der Waals surface area contributed by atoms with Crippen LogP contribution in [0, 0.1) is 13.8 Å². The van der Waals surface area contributed by atoms with E-state index in [1.54, 1.807) is 17.5 Å². The molecule has 0 aliphatic carbocycles. The minimum absolute atomic E-state index is 0.0583. The van der Waals surface area contributed by atoms with E-state index in [-0.39, 0.29) is 12.5 Å². The summed E-state index contributed by atoms with van der Waals surface area (Å²) in [5.41, 5.74) is 2.13. The van der Waals surface area contributed by atoms with Crippen LogP contribution in [0.4, 0.5) is 0 Å². The van der Waals surface area contributed by atoms with E-state index in [0.717, 1.165) is 22.9 Å². The number of nitrogens with one attached hydrogen (secondary N) is 1. The number of hydrogen-bond donors (Lipinski definition) is 2. The number of carbonyl (C=O) groups excluding carboxylic acids is 1. The topological polar surface area (TPSA) is 67.2 Å². The van der Waals surface area contributed by atoms with Gasteiger partial charge < -0.3 is 10.4 Å². The molecule has 1 atom stereocenters. The molecule has 5 nitrogen and oxygen atoms in total. The highest BCUT2D eigenvalue weighted by Gasteiger charge is 2.26. The van der Waals surface area contributed by atoms with Crippen LogP contribution in [0.3, 0.4) is 0 Å². The van der Waals surface area contributed by atoms with Crippen LogP contribution in [0.25, 0.3) is 5.13 Å². The van der Waals surface area contributed by atoms with E-state index in [1.807, 2.05) is 43.7 Å². The number of aromatic nitrogens is 2. The lowest BCUT2D eigenvalue weighted by Gasteiger charge is -2.29. The Bertz CT molecular complexity index is 649. The molecule has 22 heavy (non-hydrogen) atoms. The van der Waals surface area contributed by atoms with Crippen molar-refractivity contribution in [2.24, 2.45) is 0 Å². The monoisotopic (exact) mass is 321 g/mol. The van der Waals surface area contributed by atoms with Gasteiger partial charge in [0.15, 0.2) is 5.13 Å². The first kappa shape index (κ1) is 16.7. The van der Waals surface area contributed by atoms with E-state index in [2.05, 4.69) is 10.3 Å². The highest BCUT2D eigenvalue weighted by molar-refractivity contribution is 7.12. The zero-order valence-corrected chi connectivity index (χ0v) is 14.3. The standard InChI is InChI=1S/C16H23N3O2S/c1-5-16(4,6-8-20)18-14(21)13-10-11(2)19(12(13)3)15-17-7-9-22-15/h7,9-10,20H,5-6,8H2,1-4H3,(H,18,21). The van der Waals surface area contributed by atoms with E-state index in [9.17, 15) is 9.90 Å². The number of aliphatic hydroxyl groups excluding tert-OH is 1. The molecule has 1 unspecified atom stereocenters. The number of carbonyl (C=O) groups is 1. The number of amides is 1. The second-order valence-electron chi connectivity index (χ2n) is 5.78. The first-order valence-electron chi connectivity index (χ1n) is 7.44. The van der Waals surface area contributed by atoms with E-state index in [1.165, 1.54) is 0 Å². The number of rotatable bonds is 6. The predicted octanol–water partition coefficient (Wildman–Crippen LogP) is 2.83. The maximum atomic E-state index is 12.6. The molecule has 0 saturated heterocycles. The summed E-state index contributed by atoms with van der Waals surface area (Å²) in [6, 6.07) is 1.89. The Morgan fingerprint density at radius 2 is 2.23 bits per heavy atom. The van der Waals surface area contributed by atoms with Crippen LogP contribution >= 0.6 is 11.3 Å². The fourth-order valence-electron chi connectivity index (χ4n) is 2.53. The Balaban J connectivity index is 2.30. The molecular weight excluding hydrogens is 298 g/mol. The third-order valence-corrected chi connectivity index (χ3v) is 4.90. The molecule has 0 fully saturated rings. The summed E-state index contributed by atoms with van der Waals surface area (Å²) < 4.78 is 1.99. The summed E-state index contributed by atoms with van der Waals surface area (Å²) in [6.45, 7) is 7.93. The highest BCUT2D eigenvalue weighted by atomic mass is 32.1. The van der Waals surface area contributed by atoms with Crippen molar-refractivity contribution in [1.82, 2.24) is 14.9 Å². The molecule has 2 N–H and O–H groups in total. The van der Waals surface area contributed by atoms with Crippen molar-refractivity contribution in [3.63, 3.8) is 0 Å². The summed E-state index contributed by atoms with van der Waals surface area (Å²) in [5, 5.41) is 15.0. The van der Waals surface area contributed by atoms with Gasteiger partial charge in [0.2, 0.25) is 0 Å². The Kier molecular flexibility index (Phi) is 5.03. The smallest absolute Gasteiger partial charge is 0.253 e. The Morgan fingerprint density at radius 3 is 2.77 bits per heavy atom. The normalized spacial score (nSPS) is 13.9. The largest absolute Gasteiger partial charge is 0.396 e. The molecule has 0 aromatic carbocycles. The number of nitrogens with zero attached hydrogens (tertiary/aromatic N) is 2. The van der Waals surface area contributed by atoms with Crippen LogP contribution in [0.5, 0.6) is 0 Å². The minimum Gasteiger partial charge on any atom is -0.396 e.